The van der Waals surface area contributed by atoms with E-state index in [9.17, 15) is 4.79 Å². The SMILES string of the molecule is CCOCC1CCCN(C(=O)CCC2CCNC2)C1.Cl. The van der Waals surface area contributed by atoms with Gasteiger partial charge in [0.05, 0.1) is 6.61 Å². The number of ether oxygens (including phenoxy) is 1. The largest absolute Gasteiger partial charge is 0.381 e. The lowest BCUT2D eigenvalue weighted by atomic mass is 9.97. The van der Waals surface area contributed by atoms with Gasteiger partial charge >= 0.3 is 0 Å². The number of carbonyl (C=O) groups excluding carboxylic acids is 1. The molecular formula is C15H29ClN2O2. The van der Waals surface area contributed by atoms with Gasteiger partial charge in [-0.05, 0) is 57.5 Å². The Labute approximate surface area is 129 Å². The molecule has 1 amide bonds. The summed E-state index contributed by atoms with van der Waals surface area (Å²) in [6, 6.07) is 0. The van der Waals surface area contributed by atoms with E-state index in [0.29, 0.717) is 17.7 Å². The van der Waals surface area contributed by atoms with Gasteiger partial charge in [0.1, 0.15) is 0 Å². The second kappa shape index (κ2) is 9.59. The molecule has 0 spiro atoms. The Kier molecular flexibility index (Phi) is 8.50. The molecule has 1 N–H and O–H groups in total. The molecular weight excluding hydrogens is 276 g/mol. The summed E-state index contributed by atoms with van der Waals surface area (Å²) in [6.07, 6.45) is 5.36. The van der Waals surface area contributed by atoms with Crippen LogP contribution in [0.25, 0.3) is 0 Å². The molecule has 118 valence electrons. The lowest BCUT2D eigenvalue weighted by molar-refractivity contribution is -0.133. The van der Waals surface area contributed by atoms with Crippen molar-refractivity contribution in [1.29, 1.82) is 0 Å². The van der Waals surface area contributed by atoms with Gasteiger partial charge in [-0.3, -0.25) is 4.79 Å². The van der Waals surface area contributed by atoms with E-state index < -0.39 is 0 Å². The summed E-state index contributed by atoms with van der Waals surface area (Å²) < 4.78 is 5.50. The Balaban J connectivity index is 0.00000200. The number of likely N-dealkylation sites (tertiary alicyclic amines) is 1. The number of hydrogen-bond acceptors (Lipinski definition) is 3. The molecule has 2 rings (SSSR count). The van der Waals surface area contributed by atoms with Gasteiger partial charge in [-0.1, -0.05) is 0 Å². The van der Waals surface area contributed by atoms with Crippen LogP contribution in [0.3, 0.4) is 0 Å². The fraction of sp³-hybridized carbons (Fsp3) is 0.933. The topological polar surface area (TPSA) is 41.6 Å². The van der Waals surface area contributed by atoms with Crippen LogP contribution in [-0.2, 0) is 9.53 Å². The smallest absolute Gasteiger partial charge is 0.222 e. The van der Waals surface area contributed by atoms with Gasteiger partial charge in [-0.25, -0.2) is 0 Å². The van der Waals surface area contributed by atoms with E-state index in [1.807, 2.05) is 6.92 Å². The van der Waals surface area contributed by atoms with Gasteiger partial charge in [0, 0.05) is 26.1 Å². The summed E-state index contributed by atoms with van der Waals surface area (Å²) in [5, 5.41) is 3.36. The molecule has 2 aliphatic heterocycles. The van der Waals surface area contributed by atoms with Crippen molar-refractivity contribution in [1.82, 2.24) is 10.2 Å². The predicted octanol–water partition coefficient (Wildman–Crippen LogP) is 2.07. The van der Waals surface area contributed by atoms with Crippen LogP contribution in [0.1, 0.15) is 39.0 Å². The third kappa shape index (κ3) is 5.58. The van der Waals surface area contributed by atoms with Crippen LogP contribution < -0.4 is 5.32 Å². The highest BCUT2D eigenvalue weighted by atomic mass is 35.5. The van der Waals surface area contributed by atoms with E-state index >= 15 is 0 Å². The lowest BCUT2D eigenvalue weighted by Gasteiger charge is -2.33. The fourth-order valence-electron chi connectivity index (χ4n) is 3.16. The van der Waals surface area contributed by atoms with E-state index in [1.165, 1.54) is 12.8 Å². The molecule has 20 heavy (non-hydrogen) atoms. The molecule has 2 aliphatic rings. The van der Waals surface area contributed by atoms with Crippen LogP contribution in [0.5, 0.6) is 0 Å². The highest BCUT2D eigenvalue weighted by Crippen LogP contribution is 2.20. The molecule has 0 aromatic carbocycles. The Morgan fingerprint density at radius 2 is 2.20 bits per heavy atom. The molecule has 0 aliphatic carbocycles. The van der Waals surface area contributed by atoms with Crippen LogP contribution in [0.15, 0.2) is 0 Å². The number of piperidine rings is 1. The van der Waals surface area contributed by atoms with Crippen LogP contribution in [0, 0.1) is 11.8 Å². The summed E-state index contributed by atoms with van der Waals surface area (Å²) in [7, 11) is 0. The summed E-state index contributed by atoms with van der Waals surface area (Å²) in [5.74, 6) is 1.62. The zero-order valence-electron chi connectivity index (χ0n) is 12.6. The van der Waals surface area contributed by atoms with E-state index in [0.717, 1.165) is 58.7 Å². The van der Waals surface area contributed by atoms with Crippen LogP contribution in [0.4, 0.5) is 0 Å². The Morgan fingerprint density at radius 3 is 2.90 bits per heavy atom. The third-order valence-electron chi connectivity index (χ3n) is 4.36. The molecule has 0 bridgehead atoms. The van der Waals surface area contributed by atoms with E-state index in [1.54, 1.807) is 0 Å². The van der Waals surface area contributed by atoms with Gasteiger partial charge in [0.2, 0.25) is 5.91 Å². The minimum Gasteiger partial charge on any atom is -0.381 e. The molecule has 2 unspecified atom stereocenters. The summed E-state index contributed by atoms with van der Waals surface area (Å²) >= 11 is 0. The Morgan fingerprint density at radius 1 is 1.35 bits per heavy atom. The van der Waals surface area contributed by atoms with E-state index in [-0.39, 0.29) is 12.4 Å². The Hall–Kier alpha value is -0.320. The molecule has 0 radical (unpaired) electrons. The predicted molar refractivity (Wildman–Crippen MR) is 83.3 cm³/mol. The molecule has 0 aromatic rings. The maximum Gasteiger partial charge on any atom is 0.222 e. The van der Waals surface area contributed by atoms with Crippen molar-refractivity contribution in [2.45, 2.75) is 39.0 Å². The fourth-order valence-corrected chi connectivity index (χ4v) is 3.16. The molecule has 0 saturated carbocycles. The summed E-state index contributed by atoms with van der Waals surface area (Å²) in [5.41, 5.74) is 0. The van der Waals surface area contributed by atoms with Crippen molar-refractivity contribution < 1.29 is 9.53 Å². The number of hydrogen-bond donors (Lipinski definition) is 1. The molecule has 2 atom stereocenters. The molecule has 2 fully saturated rings. The van der Waals surface area contributed by atoms with Crippen LogP contribution >= 0.6 is 12.4 Å². The summed E-state index contributed by atoms with van der Waals surface area (Å²) in [6.45, 7) is 7.69. The van der Waals surface area contributed by atoms with Crippen molar-refractivity contribution in [2.24, 2.45) is 11.8 Å². The van der Waals surface area contributed by atoms with Gasteiger partial charge < -0.3 is 15.0 Å². The number of halogens is 1. The van der Waals surface area contributed by atoms with E-state index in [2.05, 4.69) is 10.2 Å². The van der Waals surface area contributed by atoms with Crippen LogP contribution in [-0.4, -0.2) is 50.2 Å². The first kappa shape index (κ1) is 17.7. The van der Waals surface area contributed by atoms with E-state index in [4.69, 9.17) is 4.74 Å². The first-order valence-corrected chi connectivity index (χ1v) is 7.85. The van der Waals surface area contributed by atoms with Gasteiger partial charge in [0.15, 0.2) is 0 Å². The lowest BCUT2D eigenvalue weighted by Crippen LogP contribution is -2.41. The highest BCUT2D eigenvalue weighted by Gasteiger charge is 2.24. The van der Waals surface area contributed by atoms with Gasteiger partial charge in [-0.15, -0.1) is 12.4 Å². The first-order valence-electron chi connectivity index (χ1n) is 7.85. The molecule has 2 heterocycles. The normalized spacial score (nSPS) is 26.4. The van der Waals surface area contributed by atoms with Crippen molar-refractivity contribution in [3.05, 3.63) is 0 Å². The average molecular weight is 305 g/mol. The third-order valence-corrected chi connectivity index (χ3v) is 4.36. The standard InChI is InChI=1S/C15H28N2O2.ClH/c1-2-19-12-14-4-3-9-17(11-14)15(18)6-5-13-7-8-16-10-13;/h13-14,16H,2-12H2,1H3;1H. The Bertz CT molecular complexity index is 283. The quantitative estimate of drug-likeness (QED) is 0.817. The zero-order valence-corrected chi connectivity index (χ0v) is 13.4. The van der Waals surface area contributed by atoms with Crippen molar-refractivity contribution in [2.75, 3.05) is 39.4 Å². The average Bonchev–Trinajstić information content (AvgIpc) is 2.96. The van der Waals surface area contributed by atoms with Crippen LogP contribution in [0.2, 0.25) is 0 Å². The molecule has 0 aromatic heterocycles. The van der Waals surface area contributed by atoms with Gasteiger partial charge in [0.25, 0.3) is 0 Å². The zero-order chi connectivity index (χ0) is 13.5. The molecule has 4 nitrogen and oxygen atoms in total. The van der Waals surface area contributed by atoms with Crippen molar-refractivity contribution in [3.8, 4) is 0 Å². The second-order valence-corrected chi connectivity index (χ2v) is 5.90. The highest BCUT2D eigenvalue weighted by molar-refractivity contribution is 5.85. The molecule has 5 heteroatoms. The monoisotopic (exact) mass is 304 g/mol. The summed E-state index contributed by atoms with van der Waals surface area (Å²) in [4.78, 5) is 14.3. The van der Waals surface area contributed by atoms with Gasteiger partial charge in [-0.2, -0.15) is 0 Å². The minimum atomic E-state index is 0. The number of nitrogens with one attached hydrogen (secondary N) is 1. The number of carbonyl (C=O) groups is 1. The molecule has 2 saturated heterocycles. The maximum absolute atomic E-state index is 12.2. The van der Waals surface area contributed by atoms with Crippen molar-refractivity contribution >= 4 is 18.3 Å². The second-order valence-electron chi connectivity index (χ2n) is 5.90. The maximum atomic E-state index is 12.2. The minimum absolute atomic E-state index is 0. The number of rotatable bonds is 6. The number of nitrogens with zero attached hydrogens (tertiary/aromatic N) is 1. The van der Waals surface area contributed by atoms with Crippen molar-refractivity contribution in [3.63, 3.8) is 0 Å². The first-order chi connectivity index (χ1) is 9.29. The number of amides is 1.